The zero-order valence-electron chi connectivity index (χ0n) is 18.4. The first-order valence-corrected chi connectivity index (χ1v) is 10.8. The van der Waals surface area contributed by atoms with E-state index in [9.17, 15) is 23.2 Å². The summed E-state index contributed by atoms with van der Waals surface area (Å²) in [7, 11) is 0. The molecular weight excluding hydrogens is 446 g/mol. The lowest BCUT2D eigenvalue weighted by Crippen LogP contribution is -2.47. The molecule has 180 valence electrons. The number of carbonyl (C=O) groups excluding carboxylic acids is 2. The first-order chi connectivity index (χ1) is 16.3. The number of fused-ring (bicyclic) bond motifs is 3. The largest absolute Gasteiger partial charge is 0.480 e. The summed E-state index contributed by atoms with van der Waals surface area (Å²) >= 11 is 0. The maximum atomic E-state index is 13.5. The van der Waals surface area contributed by atoms with Crippen LogP contribution in [-0.2, 0) is 14.3 Å². The molecular formula is C25H26F2N2O5. The molecule has 0 heterocycles. The van der Waals surface area contributed by atoms with Crippen molar-refractivity contribution in [3.8, 4) is 11.1 Å². The van der Waals surface area contributed by atoms with Crippen LogP contribution in [0.25, 0.3) is 11.1 Å². The topological polar surface area (TPSA) is 105 Å². The van der Waals surface area contributed by atoms with E-state index in [0.717, 1.165) is 22.3 Å². The van der Waals surface area contributed by atoms with E-state index in [2.05, 4.69) is 11.9 Å². The van der Waals surface area contributed by atoms with Crippen molar-refractivity contribution in [2.75, 3.05) is 6.61 Å². The van der Waals surface area contributed by atoms with Gasteiger partial charge in [0.25, 0.3) is 6.43 Å². The average molecular weight is 472 g/mol. The quantitative estimate of drug-likeness (QED) is 0.428. The minimum Gasteiger partial charge on any atom is -0.480 e. The number of halogens is 2. The number of rotatable bonds is 11. The van der Waals surface area contributed by atoms with E-state index in [1.165, 1.54) is 6.08 Å². The fourth-order valence-corrected chi connectivity index (χ4v) is 3.99. The lowest BCUT2D eigenvalue weighted by Gasteiger charge is -2.20. The molecule has 0 radical (unpaired) electrons. The number of hydrogen-bond acceptors (Lipinski definition) is 4. The molecule has 7 nitrogen and oxygen atoms in total. The highest BCUT2D eigenvalue weighted by molar-refractivity contribution is 5.84. The number of amides is 2. The van der Waals surface area contributed by atoms with Crippen molar-refractivity contribution in [1.82, 2.24) is 10.6 Å². The first kappa shape index (κ1) is 24.9. The van der Waals surface area contributed by atoms with Crippen LogP contribution in [0.1, 0.15) is 36.3 Å². The van der Waals surface area contributed by atoms with Gasteiger partial charge in [-0.05, 0) is 35.1 Å². The molecule has 9 heteroatoms. The summed E-state index contributed by atoms with van der Waals surface area (Å²) in [5.41, 5.74) is 4.00. The predicted molar refractivity (Wildman–Crippen MR) is 122 cm³/mol. The number of carbonyl (C=O) groups is 3. The molecule has 0 saturated carbocycles. The Balaban J connectivity index is 1.59. The van der Waals surface area contributed by atoms with Gasteiger partial charge in [-0.2, -0.15) is 0 Å². The third-order valence-electron chi connectivity index (χ3n) is 5.65. The van der Waals surface area contributed by atoms with Gasteiger partial charge >= 0.3 is 12.1 Å². The second-order valence-electron chi connectivity index (χ2n) is 7.94. The van der Waals surface area contributed by atoms with E-state index in [1.54, 1.807) is 0 Å². The highest BCUT2D eigenvalue weighted by Crippen LogP contribution is 2.44. The van der Waals surface area contributed by atoms with Gasteiger partial charge in [0.1, 0.15) is 18.7 Å². The number of carboxylic acids is 1. The van der Waals surface area contributed by atoms with Crippen LogP contribution in [0.2, 0.25) is 0 Å². The molecule has 2 atom stereocenters. The third-order valence-corrected chi connectivity index (χ3v) is 5.65. The van der Waals surface area contributed by atoms with E-state index in [4.69, 9.17) is 9.84 Å². The molecule has 1 aliphatic carbocycles. The molecule has 0 aliphatic heterocycles. The Morgan fingerprint density at radius 1 is 1.03 bits per heavy atom. The molecule has 3 rings (SSSR count). The number of carboxylic acid groups (broad SMARTS) is 1. The third kappa shape index (κ3) is 5.98. The standard InChI is InChI=1S/C25H26F2N2O5/c1-2-3-12-20(24(31)32)28-22(30)13-21(23(26)27)29-25(33)34-14-19-17-10-6-4-8-15(17)16-9-5-7-11-18(16)19/h2,4-11,19-21,23H,1,3,12-14H2,(H,28,30)(H,29,33)(H,31,32). The van der Waals surface area contributed by atoms with E-state index < -0.39 is 42.9 Å². The monoisotopic (exact) mass is 472 g/mol. The molecule has 0 saturated heterocycles. The van der Waals surface area contributed by atoms with Gasteiger partial charge in [0.05, 0.1) is 6.42 Å². The number of alkyl halides is 2. The van der Waals surface area contributed by atoms with Crippen molar-refractivity contribution in [3.63, 3.8) is 0 Å². The zero-order chi connectivity index (χ0) is 24.7. The predicted octanol–water partition coefficient (Wildman–Crippen LogP) is 4.08. The number of alkyl carbamates (subject to hydrolysis) is 1. The molecule has 2 unspecified atom stereocenters. The van der Waals surface area contributed by atoms with Gasteiger partial charge in [-0.25, -0.2) is 18.4 Å². The van der Waals surface area contributed by atoms with Crippen LogP contribution >= 0.6 is 0 Å². The van der Waals surface area contributed by atoms with Crippen molar-refractivity contribution in [2.24, 2.45) is 0 Å². The summed E-state index contributed by atoms with van der Waals surface area (Å²) in [5, 5.41) is 13.4. The molecule has 2 aromatic rings. The van der Waals surface area contributed by atoms with Gasteiger partial charge < -0.3 is 20.5 Å². The molecule has 0 aromatic heterocycles. The van der Waals surface area contributed by atoms with E-state index >= 15 is 0 Å². The lowest BCUT2D eigenvalue weighted by atomic mass is 9.98. The maximum absolute atomic E-state index is 13.5. The van der Waals surface area contributed by atoms with Crippen molar-refractivity contribution < 1.29 is 33.0 Å². The second-order valence-corrected chi connectivity index (χ2v) is 7.94. The van der Waals surface area contributed by atoms with Crippen LogP contribution in [-0.4, -0.2) is 48.2 Å². The molecule has 34 heavy (non-hydrogen) atoms. The molecule has 2 amide bonds. The van der Waals surface area contributed by atoms with Gasteiger partial charge in [0, 0.05) is 5.92 Å². The SMILES string of the molecule is C=CCCC(NC(=O)CC(NC(=O)OCC1c2ccccc2-c2ccccc21)C(F)F)C(=O)O. The Morgan fingerprint density at radius 2 is 1.62 bits per heavy atom. The van der Waals surface area contributed by atoms with Gasteiger partial charge in [0.2, 0.25) is 5.91 Å². The van der Waals surface area contributed by atoms with Crippen LogP contribution in [0.5, 0.6) is 0 Å². The van der Waals surface area contributed by atoms with Gasteiger partial charge in [-0.15, -0.1) is 6.58 Å². The summed E-state index contributed by atoms with van der Waals surface area (Å²) in [6.45, 7) is 3.42. The smallest absolute Gasteiger partial charge is 0.407 e. The summed E-state index contributed by atoms with van der Waals surface area (Å²) in [6, 6.07) is 12.3. The van der Waals surface area contributed by atoms with Crippen molar-refractivity contribution in [1.29, 1.82) is 0 Å². The van der Waals surface area contributed by atoms with Gasteiger partial charge in [-0.3, -0.25) is 4.79 Å². The Labute approximate surface area is 195 Å². The summed E-state index contributed by atoms with van der Waals surface area (Å²) in [6.07, 6.45) is -3.04. The van der Waals surface area contributed by atoms with Crippen molar-refractivity contribution in [3.05, 3.63) is 72.3 Å². The van der Waals surface area contributed by atoms with Gasteiger partial charge in [0.15, 0.2) is 0 Å². The number of hydrogen-bond donors (Lipinski definition) is 3. The number of nitrogens with one attached hydrogen (secondary N) is 2. The highest BCUT2D eigenvalue weighted by atomic mass is 19.3. The van der Waals surface area contributed by atoms with Crippen LogP contribution in [0.3, 0.4) is 0 Å². The Morgan fingerprint density at radius 3 is 2.15 bits per heavy atom. The normalized spacial score (nSPS) is 14.0. The minimum atomic E-state index is -3.05. The number of aliphatic carboxylic acids is 1. The van der Waals surface area contributed by atoms with E-state index in [0.29, 0.717) is 6.42 Å². The molecule has 2 aromatic carbocycles. The molecule has 0 spiro atoms. The zero-order valence-corrected chi connectivity index (χ0v) is 18.4. The van der Waals surface area contributed by atoms with E-state index in [1.807, 2.05) is 53.8 Å². The molecule has 3 N–H and O–H groups in total. The van der Waals surface area contributed by atoms with Crippen molar-refractivity contribution in [2.45, 2.75) is 43.7 Å². The number of benzene rings is 2. The number of ether oxygens (including phenoxy) is 1. The molecule has 0 bridgehead atoms. The summed E-state index contributed by atoms with van der Waals surface area (Å²) < 4.78 is 32.2. The molecule has 0 fully saturated rings. The number of allylic oxidation sites excluding steroid dienone is 1. The lowest BCUT2D eigenvalue weighted by molar-refractivity contribution is -0.142. The highest BCUT2D eigenvalue weighted by Gasteiger charge is 2.31. The fraction of sp³-hybridized carbons (Fsp3) is 0.320. The second kappa shape index (κ2) is 11.4. The van der Waals surface area contributed by atoms with Crippen LogP contribution in [0.15, 0.2) is 61.2 Å². The van der Waals surface area contributed by atoms with Crippen LogP contribution in [0.4, 0.5) is 13.6 Å². The summed E-state index contributed by atoms with van der Waals surface area (Å²) in [5.74, 6) is -2.44. The maximum Gasteiger partial charge on any atom is 0.407 e. The molecule has 1 aliphatic rings. The Bertz CT molecular complexity index is 1010. The fourth-order valence-electron chi connectivity index (χ4n) is 3.99. The summed E-state index contributed by atoms with van der Waals surface area (Å²) in [4.78, 5) is 35.7. The average Bonchev–Trinajstić information content (AvgIpc) is 3.13. The van der Waals surface area contributed by atoms with Crippen molar-refractivity contribution >= 4 is 18.0 Å². The van der Waals surface area contributed by atoms with Crippen LogP contribution < -0.4 is 10.6 Å². The Hall–Kier alpha value is -3.75. The first-order valence-electron chi connectivity index (χ1n) is 10.8. The van der Waals surface area contributed by atoms with E-state index in [-0.39, 0.29) is 18.9 Å². The van der Waals surface area contributed by atoms with Gasteiger partial charge in [-0.1, -0.05) is 54.6 Å². The minimum absolute atomic E-state index is 0.0648. The van der Waals surface area contributed by atoms with Crippen LogP contribution in [0, 0.1) is 0 Å². The Kier molecular flexibility index (Phi) is 8.34.